The Morgan fingerprint density at radius 2 is 1.89 bits per heavy atom. The van der Waals surface area contributed by atoms with Crippen molar-refractivity contribution in [3.05, 3.63) is 49.3 Å². The maximum Gasteiger partial charge on any atom is 0.262 e. The molecule has 144 valence electrons. The highest BCUT2D eigenvalue weighted by molar-refractivity contribution is 9.11. The van der Waals surface area contributed by atoms with E-state index in [1.807, 2.05) is 37.3 Å². The van der Waals surface area contributed by atoms with Gasteiger partial charge >= 0.3 is 0 Å². The van der Waals surface area contributed by atoms with E-state index >= 15 is 0 Å². The Hall–Kier alpha value is -1.09. The number of nitrogens with zero attached hydrogens (tertiary/aromatic N) is 1. The molecule has 0 spiro atoms. The largest absolute Gasteiger partial charge is 0.482 e. The number of benzene rings is 2. The van der Waals surface area contributed by atoms with E-state index in [4.69, 9.17) is 9.47 Å². The molecule has 0 saturated carbocycles. The molecule has 0 atom stereocenters. The number of anilines is 2. The number of halogens is 3. The highest BCUT2D eigenvalue weighted by Crippen LogP contribution is 2.33. The Morgan fingerprint density at radius 3 is 2.56 bits per heavy atom. The molecule has 0 bridgehead atoms. The Balaban J connectivity index is 1.60. The quantitative estimate of drug-likeness (QED) is 0.548. The first-order valence-electron chi connectivity index (χ1n) is 8.44. The summed E-state index contributed by atoms with van der Waals surface area (Å²) in [5, 5.41) is 2.87. The molecule has 0 radical (unpaired) electrons. The van der Waals surface area contributed by atoms with E-state index in [1.165, 1.54) is 0 Å². The van der Waals surface area contributed by atoms with Gasteiger partial charge in [0.15, 0.2) is 6.61 Å². The van der Waals surface area contributed by atoms with Crippen LogP contribution in [-0.4, -0.2) is 38.8 Å². The summed E-state index contributed by atoms with van der Waals surface area (Å²) in [6.45, 7) is 5.05. The number of carbonyl (C=O) groups is 1. The number of ether oxygens (including phenoxy) is 2. The molecule has 1 fully saturated rings. The Labute approximate surface area is 183 Å². The lowest BCUT2D eigenvalue weighted by Crippen LogP contribution is -2.36. The third-order valence-electron chi connectivity index (χ3n) is 4.12. The number of hydrogen-bond acceptors (Lipinski definition) is 4. The van der Waals surface area contributed by atoms with Gasteiger partial charge in [0.05, 0.1) is 23.4 Å². The minimum Gasteiger partial charge on any atom is -0.482 e. The van der Waals surface area contributed by atoms with Crippen LogP contribution in [-0.2, 0) is 9.53 Å². The number of rotatable bonds is 5. The van der Waals surface area contributed by atoms with E-state index in [2.05, 4.69) is 58.0 Å². The molecule has 1 aliphatic heterocycles. The van der Waals surface area contributed by atoms with Crippen LogP contribution in [0.25, 0.3) is 0 Å². The molecular formula is C19H19Br3N2O3. The van der Waals surface area contributed by atoms with Gasteiger partial charge in [-0.15, -0.1) is 0 Å². The molecule has 27 heavy (non-hydrogen) atoms. The summed E-state index contributed by atoms with van der Waals surface area (Å²) in [4.78, 5) is 14.5. The smallest absolute Gasteiger partial charge is 0.262 e. The molecule has 0 unspecified atom stereocenters. The Bertz CT molecular complexity index is 816. The lowest BCUT2D eigenvalue weighted by Gasteiger charge is -2.29. The summed E-state index contributed by atoms with van der Waals surface area (Å²) in [7, 11) is 0. The second-order valence-corrected chi connectivity index (χ2v) is 8.76. The van der Waals surface area contributed by atoms with Gasteiger partial charge in [-0.3, -0.25) is 4.79 Å². The van der Waals surface area contributed by atoms with Crippen molar-refractivity contribution >= 4 is 65.1 Å². The van der Waals surface area contributed by atoms with E-state index < -0.39 is 0 Å². The predicted molar refractivity (Wildman–Crippen MR) is 118 cm³/mol. The van der Waals surface area contributed by atoms with E-state index in [0.29, 0.717) is 5.75 Å². The molecule has 1 amide bonds. The van der Waals surface area contributed by atoms with Crippen molar-refractivity contribution in [3.63, 3.8) is 0 Å². The van der Waals surface area contributed by atoms with E-state index in [1.54, 1.807) is 0 Å². The number of carbonyl (C=O) groups excluding carboxylic acids is 1. The molecule has 8 heteroatoms. The third kappa shape index (κ3) is 5.47. The van der Waals surface area contributed by atoms with Crippen molar-refractivity contribution in [1.82, 2.24) is 0 Å². The van der Waals surface area contributed by atoms with E-state index in [9.17, 15) is 4.79 Å². The molecule has 0 aliphatic carbocycles. The second kappa shape index (κ2) is 9.41. The maximum absolute atomic E-state index is 12.3. The number of amides is 1. The minimum atomic E-state index is -0.213. The fourth-order valence-electron chi connectivity index (χ4n) is 2.85. The molecule has 3 rings (SSSR count). The van der Waals surface area contributed by atoms with Crippen LogP contribution in [0.2, 0.25) is 0 Å². The van der Waals surface area contributed by atoms with Crippen molar-refractivity contribution in [1.29, 1.82) is 0 Å². The van der Waals surface area contributed by atoms with Crippen LogP contribution in [0.15, 0.2) is 43.7 Å². The predicted octanol–water partition coefficient (Wildman–Crippen LogP) is 5.14. The second-order valence-electron chi connectivity index (χ2n) is 6.14. The lowest BCUT2D eigenvalue weighted by atomic mass is 10.2. The van der Waals surface area contributed by atoms with Gasteiger partial charge in [-0.25, -0.2) is 0 Å². The van der Waals surface area contributed by atoms with Gasteiger partial charge in [0.1, 0.15) is 5.75 Å². The van der Waals surface area contributed by atoms with Gasteiger partial charge in [-0.05, 0) is 74.7 Å². The van der Waals surface area contributed by atoms with Gasteiger partial charge < -0.3 is 19.7 Å². The summed E-state index contributed by atoms with van der Waals surface area (Å²) < 4.78 is 13.8. The van der Waals surface area contributed by atoms with Crippen LogP contribution >= 0.6 is 47.8 Å². The molecule has 1 N–H and O–H groups in total. The van der Waals surface area contributed by atoms with Crippen LogP contribution in [0.4, 0.5) is 11.4 Å². The van der Waals surface area contributed by atoms with Crippen LogP contribution in [0.3, 0.4) is 0 Å². The first kappa shape index (κ1) is 20.6. The fraction of sp³-hybridized carbons (Fsp3) is 0.316. The average Bonchev–Trinajstić information content (AvgIpc) is 2.61. The monoisotopic (exact) mass is 560 g/mol. The summed E-state index contributed by atoms with van der Waals surface area (Å²) in [5.41, 5.74) is 2.77. The van der Waals surface area contributed by atoms with Crippen molar-refractivity contribution in [2.24, 2.45) is 0 Å². The molecule has 2 aromatic rings. The summed E-state index contributed by atoms with van der Waals surface area (Å²) in [6, 6.07) is 9.64. The number of nitrogens with one attached hydrogen (secondary N) is 1. The van der Waals surface area contributed by atoms with Crippen molar-refractivity contribution in [2.75, 3.05) is 43.1 Å². The van der Waals surface area contributed by atoms with Crippen molar-refractivity contribution < 1.29 is 14.3 Å². The fourth-order valence-corrected chi connectivity index (χ4v) is 5.03. The first-order chi connectivity index (χ1) is 12.9. The van der Waals surface area contributed by atoms with Crippen LogP contribution in [0.1, 0.15) is 5.56 Å². The lowest BCUT2D eigenvalue weighted by molar-refractivity contribution is -0.118. The number of aryl methyl sites for hydroxylation is 1. The SMILES string of the molecule is Cc1cc(Br)cc(Br)c1OCC(=O)Nc1ccc(N2CCOCC2)c(Br)c1. The third-order valence-corrected chi connectivity index (χ3v) is 5.81. The molecule has 1 heterocycles. The minimum absolute atomic E-state index is 0.0656. The van der Waals surface area contributed by atoms with Crippen LogP contribution in [0, 0.1) is 6.92 Å². The highest BCUT2D eigenvalue weighted by atomic mass is 79.9. The van der Waals surface area contributed by atoms with Gasteiger partial charge in [-0.1, -0.05) is 15.9 Å². The molecule has 5 nitrogen and oxygen atoms in total. The molecule has 0 aromatic heterocycles. The molecule has 2 aromatic carbocycles. The summed E-state index contributed by atoms with van der Waals surface area (Å²) in [6.07, 6.45) is 0. The van der Waals surface area contributed by atoms with E-state index in [-0.39, 0.29) is 12.5 Å². The summed E-state index contributed by atoms with van der Waals surface area (Å²) in [5.74, 6) is 0.451. The van der Waals surface area contributed by atoms with Gasteiger partial charge in [0.25, 0.3) is 5.91 Å². The topological polar surface area (TPSA) is 50.8 Å². The van der Waals surface area contributed by atoms with Crippen LogP contribution in [0.5, 0.6) is 5.75 Å². The average molecular weight is 563 g/mol. The maximum atomic E-state index is 12.3. The Kier molecular flexibility index (Phi) is 7.19. The highest BCUT2D eigenvalue weighted by Gasteiger charge is 2.15. The van der Waals surface area contributed by atoms with E-state index in [0.717, 1.165) is 56.7 Å². The first-order valence-corrected chi connectivity index (χ1v) is 10.8. The zero-order valence-electron chi connectivity index (χ0n) is 14.7. The molecular weight excluding hydrogens is 544 g/mol. The normalized spacial score (nSPS) is 14.1. The van der Waals surface area contributed by atoms with Crippen molar-refractivity contribution in [3.8, 4) is 5.75 Å². The standard InChI is InChI=1S/C19H19Br3N2O3/c1-12-8-13(20)9-16(22)19(12)27-11-18(25)23-14-2-3-17(15(21)10-14)24-4-6-26-7-5-24/h2-3,8-10H,4-7,11H2,1H3,(H,23,25). The van der Waals surface area contributed by atoms with Gasteiger partial charge in [0.2, 0.25) is 0 Å². The Morgan fingerprint density at radius 1 is 1.15 bits per heavy atom. The van der Waals surface area contributed by atoms with Gasteiger partial charge in [0, 0.05) is 27.7 Å². The zero-order chi connectivity index (χ0) is 19.4. The summed E-state index contributed by atoms with van der Waals surface area (Å²) >= 11 is 10.5. The molecule has 1 saturated heterocycles. The number of hydrogen-bond donors (Lipinski definition) is 1. The van der Waals surface area contributed by atoms with Crippen molar-refractivity contribution in [2.45, 2.75) is 6.92 Å². The zero-order valence-corrected chi connectivity index (χ0v) is 19.5. The van der Waals surface area contributed by atoms with Crippen LogP contribution < -0.4 is 15.0 Å². The number of morpholine rings is 1. The van der Waals surface area contributed by atoms with Gasteiger partial charge in [-0.2, -0.15) is 0 Å². The molecule has 1 aliphatic rings.